The van der Waals surface area contributed by atoms with Crippen LogP contribution in [0.3, 0.4) is 0 Å². The molecule has 10 heteroatoms. The molecule has 0 amide bonds. The molecule has 0 fully saturated rings. The van der Waals surface area contributed by atoms with Gasteiger partial charge in [-0.25, -0.2) is 19.2 Å². The molecule has 0 heterocycles. The van der Waals surface area contributed by atoms with Gasteiger partial charge in [0.1, 0.15) is 24.4 Å². The Morgan fingerprint density at radius 3 is 1.73 bits per heavy atom. The Labute approximate surface area is 171 Å². The minimum absolute atomic E-state index is 0.226. The fraction of sp³-hybridized carbons (Fsp3) is 0.300. The van der Waals surface area contributed by atoms with E-state index in [-0.39, 0.29) is 5.56 Å². The zero-order valence-corrected chi connectivity index (χ0v) is 16.3. The van der Waals surface area contributed by atoms with Crippen LogP contribution in [0.2, 0.25) is 0 Å². The van der Waals surface area contributed by atoms with E-state index >= 15 is 0 Å². The highest BCUT2D eigenvalue weighted by atomic mass is 16.6. The summed E-state index contributed by atoms with van der Waals surface area (Å²) in [5.41, 5.74) is -2.20. The molecule has 1 rings (SSSR count). The van der Waals surface area contributed by atoms with Crippen molar-refractivity contribution in [3.63, 3.8) is 0 Å². The average Bonchev–Trinajstić information content (AvgIpc) is 2.70. The first-order valence-corrected chi connectivity index (χ1v) is 8.61. The van der Waals surface area contributed by atoms with Crippen LogP contribution in [0.25, 0.3) is 0 Å². The molecular weight excluding hydrogens is 400 g/mol. The third kappa shape index (κ3) is 5.52. The van der Waals surface area contributed by atoms with Crippen LogP contribution in [-0.2, 0) is 19.1 Å². The summed E-state index contributed by atoms with van der Waals surface area (Å²) in [6, 6.07) is 2.02. The van der Waals surface area contributed by atoms with Crippen LogP contribution in [0.4, 0.5) is 0 Å². The van der Waals surface area contributed by atoms with Crippen molar-refractivity contribution in [2.24, 2.45) is 0 Å². The lowest BCUT2D eigenvalue weighted by atomic mass is 9.87. The number of benzene rings is 1. The number of carboxylic acids is 2. The van der Waals surface area contributed by atoms with Crippen LogP contribution >= 0.6 is 0 Å². The van der Waals surface area contributed by atoms with Crippen molar-refractivity contribution in [1.82, 2.24) is 0 Å². The minimum atomic E-state index is -1.84. The molecule has 0 bridgehead atoms. The van der Waals surface area contributed by atoms with Gasteiger partial charge in [-0.1, -0.05) is 19.2 Å². The van der Waals surface area contributed by atoms with Gasteiger partial charge < -0.3 is 29.9 Å². The van der Waals surface area contributed by atoms with E-state index in [0.717, 1.165) is 24.3 Å². The smallest absolute Gasteiger partial charge is 0.336 e. The second-order valence-corrected chi connectivity index (χ2v) is 6.18. The number of carbonyl (C=O) groups is 4. The number of aliphatic hydroxyl groups is 2. The van der Waals surface area contributed by atoms with Crippen LogP contribution in [0.15, 0.2) is 37.4 Å². The molecule has 0 saturated carbocycles. The first-order valence-electron chi connectivity index (χ1n) is 8.61. The highest BCUT2D eigenvalue weighted by Crippen LogP contribution is 2.34. The summed E-state index contributed by atoms with van der Waals surface area (Å²) >= 11 is 0. The number of hydrogen-bond donors (Lipinski definition) is 4. The maximum Gasteiger partial charge on any atom is 0.336 e. The van der Waals surface area contributed by atoms with Crippen molar-refractivity contribution in [2.45, 2.75) is 38.3 Å². The number of hydrogen-bond acceptors (Lipinski definition) is 8. The van der Waals surface area contributed by atoms with Gasteiger partial charge in [0.2, 0.25) is 0 Å². The molecule has 1 aromatic rings. The predicted molar refractivity (Wildman–Crippen MR) is 102 cm³/mol. The van der Waals surface area contributed by atoms with Gasteiger partial charge in [-0.3, -0.25) is 0 Å². The van der Waals surface area contributed by atoms with Gasteiger partial charge in [-0.05, 0) is 25.5 Å². The van der Waals surface area contributed by atoms with Gasteiger partial charge in [0, 0.05) is 17.7 Å². The third-order valence-corrected chi connectivity index (χ3v) is 4.16. The van der Waals surface area contributed by atoms with Crippen LogP contribution in [0.1, 0.15) is 57.9 Å². The monoisotopic (exact) mass is 422 g/mol. The highest BCUT2D eigenvalue weighted by molar-refractivity contribution is 6.03. The van der Waals surface area contributed by atoms with Gasteiger partial charge in [0.15, 0.2) is 0 Å². The molecule has 0 spiro atoms. The number of ether oxygens (including phenoxy) is 2. The summed E-state index contributed by atoms with van der Waals surface area (Å²) in [6.45, 7) is 8.97. The Bertz CT molecular complexity index is 873. The molecule has 30 heavy (non-hydrogen) atoms. The van der Waals surface area contributed by atoms with Crippen molar-refractivity contribution in [3.8, 4) is 0 Å². The maximum absolute atomic E-state index is 11.8. The molecule has 0 aromatic heterocycles. The fourth-order valence-electron chi connectivity index (χ4n) is 2.70. The first kappa shape index (κ1) is 24.5. The molecule has 0 radical (unpaired) electrons. The highest BCUT2D eigenvalue weighted by Gasteiger charge is 2.34. The number of aromatic carboxylic acids is 2. The average molecular weight is 422 g/mol. The molecular formula is C20H22O10. The van der Waals surface area contributed by atoms with Gasteiger partial charge in [-0.2, -0.15) is 0 Å². The van der Waals surface area contributed by atoms with Crippen LogP contribution in [0.5, 0.6) is 0 Å². The van der Waals surface area contributed by atoms with Crippen molar-refractivity contribution >= 4 is 23.9 Å². The summed E-state index contributed by atoms with van der Waals surface area (Å²) in [5, 5.41) is 40.3. The Kier molecular flexibility index (Phi) is 8.45. The Morgan fingerprint density at radius 2 is 1.33 bits per heavy atom. The van der Waals surface area contributed by atoms with Crippen LogP contribution in [0, 0.1) is 0 Å². The molecule has 162 valence electrons. The summed E-state index contributed by atoms with van der Waals surface area (Å²) in [7, 11) is 0. The van der Waals surface area contributed by atoms with Crippen molar-refractivity contribution in [2.75, 3.05) is 0 Å². The summed E-state index contributed by atoms with van der Waals surface area (Å²) in [4.78, 5) is 46.2. The predicted octanol–water partition coefficient (Wildman–Crippen LogP) is 1.39. The van der Waals surface area contributed by atoms with E-state index in [4.69, 9.17) is 9.47 Å². The molecule has 10 nitrogen and oxygen atoms in total. The molecule has 4 unspecified atom stereocenters. The van der Waals surface area contributed by atoms with Gasteiger partial charge in [0.05, 0.1) is 11.1 Å². The second-order valence-electron chi connectivity index (χ2n) is 6.18. The number of esters is 2. The second kappa shape index (κ2) is 10.3. The lowest BCUT2D eigenvalue weighted by molar-refractivity contribution is -0.149. The zero-order chi connectivity index (χ0) is 23.2. The molecule has 0 saturated heterocycles. The topological polar surface area (TPSA) is 168 Å². The van der Waals surface area contributed by atoms with Gasteiger partial charge in [-0.15, -0.1) is 0 Å². The number of carboxylic acid groups (broad SMARTS) is 2. The minimum Gasteiger partial charge on any atom is -0.478 e. The normalized spacial score (nSPS) is 14.5. The Balaban J connectivity index is 3.67. The number of rotatable bonds is 10. The zero-order valence-electron chi connectivity index (χ0n) is 16.3. The summed E-state index contributed by atoms with van der Waals surface area (Å²) < 4.78 is 9.82. The molecule has 0 aliphatic carbocycles. The van der Waals surface area contributed by atoms with E-state index in [1.54, 1.807) is 0 Å². The van der Waals surface area contributed by atoms with E-state index in [0.29, 0.717) is 0 Å². The number of aliphatic hydroxyl groups excluding tert-OH is 2. The largest absolute Gasteiger partial charge is 0.478 e. The van der Waals surface area contributed by atoms with E-state index in [1.807, 2.05) is 0 Å². The summed E-state index contributed by atoms with van der Waals surface area (Å²) in [6.07, 6.45) is -4.37. The Morgan fingerprint density at radius 1 is 0.867 bits per heavy atom. The lowest BCUT2D eigenvalue weighted by Crippen LogP contribution is -2.29. The van der Waals surface area contributed by atoms with Crippen LogP contribution < -0.4 is 0 Å². The standard InChI is InChI=1S/C20H22O10/c1-5-13(21)29-9(3)17(23)11-7-8-12(19(25)26)16(20(27)28)15(11)18(24)10(4)30-14(22)6-2/h5-10,17-18,23-24H,1-2H2,3-4H3,(H,25,26)(H,27,28). The molecule has 0 aliphatic heterocycles. The van der Waals surface area contributed by atoms with Crippen molar-refractivity contribution < 1.29 is 49.1 Å². The molecule has 4 N–H and O–H groups in total. The lowest BCUT2D eigenvalue weighted by Gasteiger charge is -2.27. The van der Waals surface area contributed by atoms with E-state index in [9.17, 15) is 39.6 Å². The van der Waals surface area contributed by atoms with Crippen LogP contribution in [-0.4, -0.2) is 56.5 Å². The maximum atomic E-state index is 11.8. The fourth-order valence-corrected chi connectivity index (χ4v) is 2.70. The number of carbonyl (C=O) groups excluding carboxylic acids is 2. The third-order valence-electron chi connectivity index (χ3n) is 4.16. The Hall–Kier alpha value is -3.50. The quantitative estimate of drug-likeness (QED) is 0.319. The molecule has 4 atom stereocenters. The summed E-state index contributed by atoms with van der Waals surface area (Å²) in [5.74, 6) is -5.07. The molecule has 1 aromatic carbocycles. The first-order chi connectivity index (χ1) is 14.0. The van der Waals surface area contributed by atoms with E-state index < -0.39 is 65.0 Å². The van der Waals surface area contributed by atoms with E-state index in [1.165, 1.54) is 13.8 Å². The van der Waals surface area contributed by atoms with Gasteiger partial charge in [0.25, 0.3) is 0 Å². The SMILES string of the molecule is C=CC(=O)OC(C)C(O)c1ccc(C(=O)O)c(C(=O)O)c1C(O)C(C)OC(=O)C=C. The van der Waals surface area contributed by atoms with E-state index in [2.05, 4.69) is 13.2 Å². The van der Waals surface area contributed by atoms with Gasteiger partial charge >= 0.3 is 23.9 Å². The van der Waals surface area contributed by atoms with Crippen molar-refractivity contribution in [1.29, 1.82) is 0 Å². The van der Waals surface area contributed by atoms with Crippen molar-refractivity contribution in [3.05, 3.63) is 59.7 Å². The molecule has 0 aliphatic rings.